The molecule has 0 N–H and O–H groups in total. The van der Waals surface area contributed by atoms with Gasteiger partial charge in [-0.1, -0.05) is 26.0 Å². The standard InChI is InChI=1S/C21H27F3N4O.2ClH/c1-15(2)13-28-20(29)17(14-27-10-8-26(3)9-11-27)12-19(25-28)16-4-6-18(7-5-16)21(22,23)24;;/h4-7,12,15H,8-11,13-14H2,1-3H3;2*1H. The van der Waals surface area contributed by atoms with Crippen LogP contribution in [0.25, 0.3) is 11.3 Å². The van der Waals surface area contributed by atoms with Gasteiger partial charge in [-0.05, 0) is 31.2 Å². The molecule has 0 bridgehead atoms. The topological polar surface area (TPSA) is 41.4 Å². The molecule has 2 heterocycles. The van der Waals surface area contributed by atoms with E-state index in [0.29, 0.717) is 29.9 Å². The van der Waals surface area contributed by atoms with Crippen molar-refractivity contribution in [1.29, 1.82) is 0 Å². The van der Waals surface area contributed by atoms with E-state index in [4.69, 9.17) is 0 Å². The monoisotopic (exact) mass is 480 g/mol. The molecule has 3 rings (SSSR count). The van der Waals surface area contributed by atoms with Crippen molar-refractivity contribution in [1.82, 2.24) is 19.6 Å². The van der Waals surface area contributed by atoms with Crippen molar-refractivity contribution >= 4 is 24.8 Å². The van der Waals surface area contributed by atoms with E-state index in [1.807, 2.05) is 13.8 Å². The van der Waals surface area contributed by atoms with Crippen molar-refractivity contribution in [3.8, 4) is 11.3 Å². The summed E-state index contributed by atoms with van der Waals surface area (Å²) in [5, 5.41) is 4.44. The van der Waals surface area contributed by atoms with Gasteiger partial charge in [0.1, 0.15) is 0 Å². The van der Waals surface area contributed by atoms with Gasteiger partial charge in [-0.25, -0.2) is 4.68 Å². The first-order valence-corrected chi connectivity index (χ1v) is 9.83. The molecule has 0 spiro atoms. The molecule has 31 heavy (non-hydrogen) atoms. The first-order chi connectivity index (χ1) is 13.6. The summed E-state index contributed by atoms with van der Waals surface area (Å²) in [5.74, 6) is 0.222. The van der Waals surface area contributed by atoms with Gasteiger partial charge in [0.2, 0.25) is 0 Å². The SMILES string of the molecule is CC(C)Cn1nc(-c2ccc(C(F)(F)F)cc2)cc(CN2CCN(C)CC2)c1=O.Cl.Cl. The predicted molar refractivity (Wildman–Crippen MR) is 121 cm³/mol. The van der Waals surface area contributed by atoms with Crippen LogP contribution in [0.4, 0.5) is 13.2 Å². The molecule has 1 saturated heterocycles. The molecular formula is C21H29Cl2F3N4O. The molecule has 1 aromatic carbocycles. The van der Waals surface area contributed by atoms with Crippen LogP contribution in [0.2, 0.25) is 0 Å². The third-order valence-electron chi connectivity index (χ3n) is 5.08. The van der Waals surface area contributed by atoms with Crippen LogP contribution >= 0.6 is 24.8 Å². The molecule has 1 aromatic heterocycles. The lowest BCUT2D eigenvalue weighted by atomic mass is 10.1. The van der Waals surface area contributed by atoms with Crippen molar-refractivity contribution in [2.24, 2.45) is 5.92 Å². The smallest absolute Gasteiger partial charge is 0.304 e. The summed E-state index contributed by atoms with van der Waals surface area (Å²) in [5.41, 5.74) is 0.876. The summed E-state index contributed by atoms with van der Waals surface area (Å²) in [6, 6.07) is 6.65. The molecule has 1 fully saturated rings. The summed E-state index contributed by atoms with van der Waals surface area (Å²) in [4.78, 5) is 17.4. The third-order valence-corrected chi connectivity index (χ3v) is 5.08. The number of benzene rings is 1. The molecule has 1 aliphatic rings. The second kappa shape index (κ2) is 11.3. The average Bonchev–Trinajstić information content (AvgIpc) is 2.65. The molecule has 0 amide bonds. The number of halogens is 5. The Balaban J connectivity index is 0.00000240. The van der Waals surface area contributed by atoms with Gasteiger partial charge in [-0.2, -0.15) is 18.3 Å². The van der Waals surface area contributed by atoms with Crippen LogP contribution in [0, 0.1) is 5.92 Å². The van der Waals surface area contributed by atoms with Crippen LogP contribution in [-0.4, -0.2) is 52.8 Å². The van der Waals surface area contributed by atoms with Crippen molar-refractivity contribution in [2.75, 3.05) is 33.2 Å². The molecule has 0 radical (unpaired) electrons. The van der Waals surface area contributed by atoms with Gasteiger partial charge in [0, 0.05) is 50.4 Å². The van der Waals surface area contributed by atoms with Crippen molar-refractivity contribution in [3.05, 3.63) is 51.8 Å². The molecule has 0 atom stereocenters. The molecule has 2 aromatic rings. The lowest BCUT2D eigenvalue weighted by Crippen LogP contribution is -2.45. The molecule has 174 valence electrons. The van der Waals surface area contributed by atoms with Gasteiger partial charge >= 0.3 is 6.18 Å². The third kappa shape index (κ3) is 7.20. The number of hydrogen-bond acceptors (Lipinski definition) is 4. The molecule has 0 unspecified atom stereocenters. The van der Waals surface area contributed by atoms with E-state index in [-0.39, 0.29) is 36.3 Å². The Morgan fingerprint density at radius 3 is 2.13 bits per heavy atom. The number of piperazine rings is 1. The predicted octanol–water partition coefficient (Wildman–Crippen LogP) is 4.18. The van der Waals surface area contributed by atoms with Crippen molar-refractivity contribution < 1.29 is 13.2 Å². The Bertz CT molecular complexity index is 893. The molecule has 1 aliphatic heterocycles. The quantitative estimate of drug-likeness (QED) is 0.643. The largest absolute Gasteiger partial charge is 0.416 e. The van der Waals surface area contributed by atoms with Crippen LogP contribution in [0.3, 0.4) is 0 Å². The first kappa shape index (κ1) is 27.4. The number of rotatable bonds is 5. The maximum absolute atomic E-state index is 12.9. The summed E-state index contributed by atoms with van der Waals surface area (Å²) >= 11 is 0. The van der Waals surface area contributed by atoms with Crippen LogP contribution in [0.15, 0.2) is 35.1 Å². The summed E-state index contributed by atoms with van der Waals surface area (Å²) < 4.78 is 40.0. The Morgan fingerprint density at radius 2 is 1.61 bits per heavy atom. The van der Waals surface area contributed by atoms with Crippen LogP contribution < -0.4 is 5.56 Å². The molecule has 5 nitrogen and oxygen atoms in total. The highest BCUT2D eigenvalue weighted by Crippen LogP contribution is 2.30. The van der Waals surface area contributed by atoms with Gasteiger partial charge in [0.15, 0.2) is 0 Å². The zero-order valence-corrected chi connectivity index (χ0v) is 19.5. The van der Waals surface area contributed by atoms with E-state index in [2.05, 4.69) is 21.9 Å². The minimum Gasteiger partial charge on any atom is -0.304 e. The van der Waals surface area contributed by atoms with E-state index in [9.17, 15) is 18.0 Å². The Hall–Kier alpha value is -1.61. The van der Waals surface area contributed by atoms with E-state index in [1.165, 1.54) is 16.8 Å². The maximum atomic E-state index is 12.9. The van der Waals surface area contributed by atoms with Crippen molar-refractivity contribution in [3.63, 3.8) is 0 Å². The van der Waals surface area contributed by atoms with E-state index in [0.717, 1.165) is 38.3 Å². The zero-order valence-electron chi connectivity index (χ0n) is 17.9. The van der Waals surface area contributed by atoms with Gasteiger partial charge < -0.3 is 4.90 Å². The highest BCUT2D eigenvalue weighted by molar-refractivity contribution is 5.85. The summed E-state index contributed by atoms with van der Waals surface area (Å²) in [6.07, 6.45) is -4.38. The highest BCUT2D eigenvalue weighted by Gasteiger charge is 2.30. The summed E-state index contributed by atoms with van der Waals surface area (Å²) in [7, 11) is 2.07. The lowest BCUT2D eigenvalue weighted by molar-refractivity contribution is -0.137. The Labute approximate surface area is 193 Å². The number of likely N-dealkylation sites (N-methyl/N-ethyl adjacent to an activating group) is 1. The minimum absolute atomic E-state index is 0. The van der Waals surface area contributed by atoms with E-state index >= 15 is 0 Å². The average molecular weight is 481 g/mol. The molecule has 0 aliphatic carbocycles. The Kier molecular flexibility index (Phi) is 10.0. The Morgan fingerprint density at radius 1 is 1.03 bits per heavy atom. The van der Waals surface area contributed by atoms with Gasteiger partial charge in [-0.15, -0.1) is 24.8 Å². The maximum Gasteiger partial charge on any atom is 0.416 e. The van der Waals surface area contributed by atoms with Crippen LogP contribution in [0.1, 0.15) is 25.0 Å². The lowest BCUT2D eigenvalue weighted by Gasteiger charge is -2.32. The van der Waals surface area contributed by atoms with Crippen LogP contribution in [-0.2, 0) is 19.3 Å². The second-order valence-electron chi connectivity index (χ2n) is 8.09. The van der Waals surface area contributed by atoms with Crippen LogP contribution in [0.5, 0.6) is 0 Å². The highest BCUT2D eigenvalue weighted by atomic mass is 35.5. The molecule has 10 heteroatoms. The van der Waals surface area contributed by atoms with Gasteiger partial charge in [-0.3, -0.25) is 9.69 Å². The zero-order chi connectivity index (χ0) is 21.2. The van der Waals surface area contributed by atoms with Gasteiger partial charge in [0.05, 0.1) is 11.3 Å². The normalized spacial score (nSPS) is 15.5. The fourth-order valence-electron chi connectivity index (χ4n) is 3.40. The van der Waals surface area contributed by atoms with E-state index in [1.54, 1.807) is 6.07 Å². The second-order valence-corrected chi connectivity index (χ2v) is 8.09. The first-order valence-electron chi connectivity index (χ1n) is 9.83. The van der Waals surface area contributed by atoms with Gasteiger partial charge in [0.25, 0.3) is 5.56 Å². The number of alkyl halides is 3. The molecular weight excluding hydrogens is 452 g/mol. The summed E-state index contributed by atoms with van der Waals surface area (Å²) in [6.45, 7) is 8.60. The number of aromatic nitrogens is 2. The number of hydrogen-bond donors (Lipinski definition) is 0. The number of nitrogens with zero attached hydrogens (tertiary/aromatic N) is 4. The fraction of sp³-hybridized carbons (Fsp3) is 0.524. The van der Waals surface area contributed by atoms with E-state index < -0.39 is 11.7 Å². The fourth-order valence-corrected chi connectivity index (χ4v) is 3.40. The molecule has 0 saturated carbocycles. The minimum atomic E-state index is -4.38. The van der Waals surface area contributed by atoms with Crippen molar-refractivity contribution in [2.45, 2.75) is 33.1 Å².